The minimum Gasteiger partial charge on any atom is -0.481 e. The number of benzene rings is 1. The number of rotatable bonds is 3. The number of carbonyl (C=O) groups is 2. The summed E-state index contributed by atoms with van der Waals surface area (Å²) < 4.78 is 5.33. The van der Waals surface area contributed by atoms with Crippen LogP contribution < -0.4 is 5.32 Å². The average Bonchev–Trinajstić information content (AvgIpc) is 3.04. The molecule has 104 valence electrons. The first-order valence-electron chi connectivity index (χ1n) is 6.66. The molecule has 20 heavy (non-hydrogen) atoms. The molecule has 1 amide bonds. The van der Waals surface area contributed by atoms with Crippen molar-refractivity contribution in [3.8, 4) is 0 Å². The predicted octanol–water partition coefficient (Wildman–Crippen LogP) is 2.42. The number of nitrogens with one attached hydrogen (secondary N) is 1. The third-order valence-electron chi connectivity index (χ3n) is 3.88. The normalized spacial score (nSPS) is 22.0. The number of carbonyl (C=O) groups excluding carboxylic acids is 1. The lowest BCUT2D eigenvalue weighted by Gasteiger charge is -2.17. The fourth-order valence-electron chi connectivity index (χ4n) is 2.83. The molecule has 1 aromatic heterocycles. The average molecular weight is 273 g/mol. The van der Waals surface area contributed by atoms with Crippen molar-refractivity contribution in [3.05, 3.63) is 36.1 Å². The third-order valence-corrected chi connectivity index (χ3v) is 3.88. The highest BCUT2D eigenvalue weighted by molar-refractivity contribution is 6.06. The van der Waals surface area contributed by atoms with Gasteiger partial charge in [0.25, 0.3) is 5.91 Å². The summed E-state index contributed by atoms with van der Waals surface area (Å²) in [6.07, 6.45) is 3.57. The molecule has 0 saturated heterocycles. The van der Waals surface area contributed by atoms with E-state index in [9.17, 15) is 9.59 Å². The molecular formula is C15H15NO4. The SMILES string of the molecule is O=C(NC1CCCC1C(=O)O)c1coc2ccccc12. The Morgan fingerprint density at radius 1 is 1.25 bits per heavy atom. The molecule has 0 aliphatic heterocycles. The number of aliphatic carboxylic acids is 1. The zero-order valence-electron chi connectivity index (χ0n) is 10.8. The van der Waals surface area contributed by atoms with Gasteiger partial charge in [-0.25, -0.2) is 0 Å². The molecule has 1 aliphatic rings. The Labute approximate surface area is 115 Å². The van der Waals surface area contributed by atoms with E-state index in [0.29, 0.717) is 24.0 Å². The molecule has 2 unspecified atom stereocenters. The molecule has 1 aliphatic carbocycles. The Bertz CT molecular complexity index is 661. The van der Waals surface area contributed by atoms with Gasteiger partial charge in [-0.15, -0.1) is 0 Å². The van der Waals surface area contributed by atoms with Gasteiger partial charge in [-0.2, -0.15) is 0 Å². The second-order valence-electron chi connectivity index (χ2n) is 5.10. The Morgan fingerprint density at radius 3 is 2.85 bits per heavy atom. The molecule has 5 nitrogen and oxygen atoms in total. The van der Waals surface area contributed by atoms with Crippen LogP contribution in [0, 0.1) is 5.92 Å². The Balaban J connectivity index is 1.81. The smallest absolute Gasteiger partial charge is 0.308 e. The van der Waals surface area contributed by atoms with Crippen molar-refractivity contribution in [2.45, 2.75) is 25.3 Å². The van der Waals surface area contributed by atoms with E-state index in [1.54, 1.807) is 6.07 Å². The van der Waals surface area contributed by atoms with E-state index in [1.807, 2.05) is 18.2 Å². The van der Waals surface area contributed by atoms with Gasteiger partial charge in [-0.1, -0.05) is 24.6 Å². The summed E-state index contributed by atoms with van der Waals surface area (Å²) in [4.78, 5) is 23.4. The summed E-state index contributed by atoms with van der Waals surface area (Å²) in [5, 5.41) is 12.7. The molecule has 0 bridgehead atoms. The summed E-state index contributed by atoms with van der Waals surface area (Å²) in [6.45, 7) is 0. The van der Waals surface area contributed by atoms with Crippen LogP contribution in [0.3, 0.4) is 0 Å². The molecule has 1 heterocycles. The van der Waals surface area contributed by atoms with Crippen molar-refractivity contribution >= 4 is 22.8 Å². The first-order chi connectivity index (χ1) is 9.66. The maximum atomic E-state index is 12.3. The molecule has 0 radical (unpaired) electrons. The summed E-state index contributed by atoms with van der Waals surface area (Å²) in [5.41, 5.74) is 1.11. The number of fused-ring (bicyclic) bond motifs is 1. The highest BCUT2D eigenvalue weighted by Crippen LogP contribution is 2.27. The highest BCUT2D eigenvalue weighted by Gasteiger charge is 2.34. The number of amides is 1. The number of para-hydroxylation sites is 1. The zero-order valence-corrected chi connectivity index (χ0v) is 10.8. The summed E-state index contributed by atoms with van der Waals surface area (Å²) in [6, 6.07) is 6.99. The van der Waals surface area contributed by atoms with E-state index in [0.717, 1.165) is 11.8 Å². The number of hydrogen-bond acceptors (Lipinski definition) is 3. The van der Waals surface area contributed by atoms with Gasteiger partial charge >= 0.3 is 5.97 Å². The van der Waals surface area contributed by atoms with Crippen LogP contribution in [-0.2, 0) is 4.79 Å². The summed E-state index contributed by atoms with van der Waals surface area (Å²) >= 11 is 0. The van der Waals surface area contributed by atoms with Crippen LogP contribution in [0.15, 0.2) is 34.9 Å². The molecule has 2 N–H and O–H groups in total. The monoisotopic (exact) mass is 273 g/mol. The molecule has 0 spiro atoms. The van der Waals surface area contributed by atoms with Gasteiger partial charge in [0.1, 0.15) is 11.8 Å². The van der Waals surface area contributed by atoms with E-state index in [2.05, 4.69) is 5.32 Å². The predicted molar refractivity (Wildman–Crippen MR) is 72.4 cm³/mol. The van der Waals surface area contributed by atoms with E-state index >= 15 is 0 Å². The molecule has 2 aromatic rings. The Morgan fingerprint density at radius 2 is 2.05 bits per heavy atom. The van der Waals surface area contributed by atoms with Crippen molar-refractivity contribution in [3.63, 3.8) is 0 Å². The fraction of sp³-hybridized carbons (Fsp3) is 0.333. The van der Waals surface area contributed by atoms with Crippen molar-refractivity contribution in [1.82, 2.24) is 5.32 Å². The van der Waals surface area contributed by atoms with Crippen LogP contribution in [0.4, 0.5) is 0 Å². The number of furan rings is 1. The molecule has 2 atom stereocenters. The van der Waals surface area contributed by atoms with E-state index in [4.69, 9.17) is 9.52 Å². The van der Waals surface area contributed by atoms with Crippen LogP contribution in [0.25, 0.3) is 11.0 Å². The minimum absolute atomic E-state index is 0.270. The topological polar surface area (TPSA) is 79.5 Å². The van der Waals surface area contributed by atoms with Gasteiger partial charge in [0.2, 0.25) is 0 Å². The quantitative estimate of drug-likeness (QED) is 0.900. The maximum Gasteiger partial charge on any atom is 0.308 e. The van der Waals surface area contributed by atoms with Gasteiger partial charge in [0, 0.05) is 11.4 Å². The largest absolute Gasteiger partial charge is 0.481 e. The molecule has 1 fully saturated rings. The third kappa shape index (κ3) is 2.15. The lowest BCUT2D eigenvalue weighted by atomic mass is 10.0. The van der Waals surface area contributed by atoms with E-state index in [1.165, 1.54) is 6.26 Å². The Kier molecular flexibility index (Phi) is 3.18. The van der Waals surface area contributed by atoms with Gasteiger partial charge in [-0.3, -0.25) is 9.59 Å². The van der Waals surface area contributed by atoms with Crippen molar-refractivity contribution in [1.29, 1.82) is 0 Å². The molecule has 1 saturated carbocycles. The highest BCUT2D eigenvalue weighted by atomic mass is 16.4. The van der Waals surface area contributed by atoms with Crippen molar-refractivity contribution < 1.29 is 19.1 Å². The van der Waals surface area contributed by atoms with Crippen molar-refractivity contribution in [2.75, 3.05) is 0 Å². The van der Waals surface area contributed by atoms with E-state index in [-0.39, 0.29) is 11.9 Å². The molecule has 5 heteroatoms. The van der Waals surface area contributed by atoms with Crippen LogP contribution in [0.1, 0.15) is 29.6 Å². The van der Waals surface area contributed by atoms with Crippen LogP contribution in [-0.4, -0.2) is 23.0 Å². The Hall–Kier alpha value is -2.30. The van der Waals surface area contributed by atoms with E-state index < -0.39 is 11.9 Å². The van der Waals surface area contributed by atoms with Gasteiger partial charge in [-0.05, 0) is 18.9 Å². The first kappa shape index (κ1) is 12.7. The van der Waals surface area contributed by atoms with Gasteiger partial charge < -0.3 is 14.8 Å². The number of carboxylic acid groups (broad SMARTS) is 1. The number of carboxylic acids is 1. The maximum absolute atomic E-state index is 12.3. The lowest BCUT2D eigenvalue weighted by molar-refractivity contribution is -0.142. The van der Waals surface area contributed by atoms with Crippen LogP contribution in [0.5, 0.6) is 0 Å². The lowest BCUT2D eigenvalue weighted by Crippen LogP contribution is -2.40. The fourth-order valence-corrected chi connectivity index (χ4v) is 2.83. The van der Waals surface area contributed by atoms with Gasteiger partial charge in [0.15, 0.2) is 0 Å². The summed E-state index contributed by atoms with van der Waals surface area (Å²) in [7, 11) is 0. The second-order valence-corrected chi connectivity index (χ2v) is 5.10. The first-order valence-corrected chi connectivity index (χ1v) is 6.66. The van der Waals surface area contributed by atoms with Crippen LogP contribution in [0.2, 0.25) is 0 Å². The molecule has 3 rings (SSSR count). The molecule has 1 aromatic carbocycles. The molecular weight excluding hydrogens is 258 g/mol. The number of hydrogen-bond donors (Lipinski definition) is 2. The van der Waals surface area contributed by atoms with Gasteiger partial charge in [0.05, 0.1) is 11.5 Å². The minimum atomic E-state index is -0.843. The summed E-state index contributed by atoms with van der Waals surface area (Å²) in [5.74, 6) is -1.60. The van der Waals surface area contributed by atoms with Crippen molar-refractivity contribution in [2.24, 2.45) is 5.92 Å². The standard InChI is InChI=1S/C15H15NO4/c17-14(16-12-6-3-5-10(12)15(18)19)11-8-20-13-7-2-1-4-9(11)13/h1-2,4,7-8,10,12H,3,5-6H2,(H,16,17)(H,18,19). The van der Waals surface area contributed by atoms with Crippen LogP contribution >= 0.6 is 0 Å². The second kappa shape index (κ2) is 5.00. The zero-order chi connectivity index (χ0) is 14.1.